The van der Waals surface area contributed by atoms with Crippen LogP contribution in [0.3, 0.4) is 0 Å². The van der Waals surface area contributed by atoms with Crippen LogP contribution in [0.4, 0.5) is 11.4 Å². The maximum absolute atomic E-state index is 11.9. The fourth-order valence-electron chi connectivity index (χ4n) is 1.57. The van der Waals surface area contributed by atoms with E-state index < -0.39 is 10.8 Å². The molecule has 7 nitrogen and oxygen atoms in total. The quantitative estimate of drug-likeness (QED) is 0.581. The molecule has 1 amide bonds. The van der Waals surface area contributed by atoms with Crippen molar-refractivity contribution in [2.24, 2.45) is 0 Å². The minimum Gasteiger partial charge on any atom is -0.508 e. The highest BCUT2D eigenvalue weighted by Crippen LogP contribution is 2.24. The van der Waals surface area contributed by atoms with Gasteiger partial charge in [-0.3, -0.25) is 14.9 Å². The van der Waals surface area contributed by atoms with Crippen LogP contribution < -0.4 is 5.32 Å². The average Bonchev–Trinajstić information content (AvgIpc) is 2.84. The summed E-state index contributed by atoms with van der Waals surface area (Å²) in [6, 6.07) is 5.87. The fourth-order valence-corrected chi connectivity index (χ4v) is 1.57. The lowest BCUT2D eigenvalue weighted by Crippen LogP contribution is -2.13. The molecule has 19 heavy (non-hydrogen) atoms. The molecule has 3 N–H and O–H groups in total. The maximum Gasteiger partial charge on any atom is 0.287 e. The Morgan fingerprint density at radius 2 is 2.21 bits per heavy atom. The molecule has 0 bridgehead atoms. The van der Waals surface area contributed by atoms with E-state index in [9.17, 15) is 20.0 Å². The van der Waals surface area contributed by atoms with Gasteiger partial charge in [0.1, 0.15) is 11.4 Å². The molecule has 0 radical (unpaired) electrons. The van der Waals surface area contributed by atoms with Crippen molar-refractivity contribution in [2.75, 3.05) is 5.32 Å². The molecule has 0 saturated heterocycles. The van der Waals surface area contributed by atoms with Crippen molar-refractivity contribution < 1.29 is 14.8 Å². The van der Waals surface area contributed by atoms with Crippen molar-refractivity contribution in [3.63, 3.8) is 0 Å². The molecule has 0 saturated carbocycles. The summed E-state index contributed by atoms with van der Waals surface area (Å²) in [6.07, 6.45) is 1.14. The highest BCUT2D eigenvalue weighted by atomic mass is 16.6. The third kappa shape index (κ3) is 2.54. The minimum absolute atomic E-state index is 0.0651. The number of hydrogen-bond donors (Lipinski definition) is 3. The van der Waals surface area contributed by atoms with Gasteiger partial charge in [-0.2, -0.15) is 0 Å². The standard InChI is InChI=1S/C12H11N3O4/c1-7-9(3-2-4-11(7)16)14-12(17)10-5-8(6-13-10)15(18)19/h2-6,13,16H,1H3,(H,14,17). The van der Waals surface area contributed by atoms with Gasteiger partial charge in [-0.1, -0.05) is 6.07 Å². The molecule has 98 valence electrons. The van der Waals surface area contributed by atoms with E-state index in [4.69, 9.17) is 0 Å². The number of amides is 1. The number of aromatic nitrogens is 1. The highest BCUT2D eigenvalue weighted by Gasteiger charge is 2.15. The number of phenolic OH excluding ortho intramolecular Hbond substituents is 1. The normalized spacial score (nSPS) is 10.2. The van der Waals surface area contributed by atoms with Crippen LogP contribution in [-0.4, -0.2) is 20.9 Å². The van der Waals surface area contributed by atoms with E-state index in [-0.39, 0.29) is 17.1 Å². The average molecular weight is 261 g/mol. The van der Waals surface area contributed by atoms with E-state index in [0.717, 1.165) is 12.3 Å². The van der Waals surface area contributed by atoms with Gasteiger partial charge in [-0.25, -0.2) is 0 Å². The number of rotatable bonds is 3. The summed E-state index contributed by atoms with van der Waals surface area (Å²) >= 11 is 0. The maximum atomic E-state index is 11.9. The first-order valence-corrected chi connectivity index (χ1v) is 5.42. The number of H-pyrrole nitrogens is 1. The summed E-state index contributed by atoms with van der Waals surface area (Å²) in [5.41, 5.74) is 0.867. The molecule has 1 aromatic carbocycles. The predicted molar refractivity (Wildman–Crippen MR) is 68.2 cm³/mol. The number of anilines is 1. The SMILES string of the molecule is Cc1c(O)cccc1NC(=O)c1cc([N+](=O)[O-])c[nH]1. The Labute approximate surface area is 108 Å². The van der Waals surface area contributed by atoms with E-state index in [1.54, 1.807) is 19.1 Å². The molecule has 1 heterocycles. The molecule has 0 unspecified atom stereocenters. The Morgan fingerprint density at radius 3 is 2.84 bits per heavy atom. The van der Waals surface area contributed by atoms with Crippen molar-refractivity contribution in [2.45, 2.75) is 6.92 Å². The van der Waals surface area contributed by atoms with Crippen LogP contribution >= 0.6 is 0 Å². The van der Waals surface area contributed by atoms with Gasteiger partial charge in [0.2, 0.25) is 0 Å². The molecule has 7 heteroatoms. The third-order valence-electron chi connectivity index (χ3n) is 2.68. The monoisotopic (exact) mass is 261 g/mol. The van der Waals surface area contributed by atoms with Gasteiger partial charge in [0.25, 0.3) is 11.6 Å². The van der Waals surface area contributed by atoms with E-state index >= 15 is 0 Å². The first-order valence-electron chi connectivity index (χ1n) is 5.42. The van der Waals surface area contributed by atoms with E-state index in [1.807, 2.05) is 0 Å². The second-order valence-corrected chi connectivity index (χ2v) is 3.93. The van der Waals surface area contributed by atoms with Crippen LogP contribution in [0.1, 0.15) is 16.1 Å². The predicted octanol–water partition coefficient (Wildman–Crippen LogP) is 2.19. The van der Waals surface area contributed by atoms with E-state index in [1.165, 1.54) is 6.07 Å². The minimum atomic E-state index is -0.590. The lowest BCUT2D eigenvalue weighted by atomic mass is 10.2. The number of carbonyl (C=O) groups excluding carboxylic acids is 1. The largest absolute Gasteiger partial charge is 0.508 e. The topological polar surface area (TPSA) is 108 Å². The van der Waals surface area contributed by atoms with Crippen molar-refractivity contribution in [1.82, 2.24) is 4.98 Å². The summed E-state index contributed by atoms with van der Waals surface area (Å²) < 4.78 is 0. The number of nitro groups is 1. The van der Waals surface area contributed by atoms with Gasteiger partial charge in [-0.05, 0) is 19.1 Å². The molecular formula is C12H11N3O4. The zero-order valence-electron chi connectivity index (χ0n) is 10.0. The Hall–Kier alpha value is -2.83. The lowest BCUT2D eigenvalue weighted by Gasteiger charge is -2.08. The molecule has 0 spiro atoms. The van der Waals surface area contributed by atoms with Crippen molar-refractivity contribution in [1.29, 1.82) is 0 Å². The van der Waals surface area contributed by atoms with Gasteiger partial charge >= 0.3 is 0 Å². The molecule has 0 aliphatic heterocycles. The van der Waals surface area contributed by atoms with Crippen LogP contribution in [0.5, 0.6) is 5.75 Å². The molecule has 1 aromatic heterocycles. The summed E-state index contributed by atoms with van der Waals surface area (Å²) in [5, 5.41) is 22.6. The van der Waals surface area contributed by atoms with Gasteiger partial charge in [0.15, 0.2) is 0 Å². The molecule has 0 fully saturated rings. The zero-order chi connectivity index (χ0) is 14.0. The number of carbonyl (C=O) groups is 1. The molecule has 0 aliphatic carbocycles. The number of benzene rings is 1. The second kappa shape index (κ2) is 4.81. The van der Waals surface area contributed by atoms with Crippen LogP contribution in [0.25, 0.3) is 0 Å². The summed E-state index contributed by atoms with van der Waals surface area (Å²) in [5.74, 6) is -0.447. The number of phenols is 1. The Bertz CT molecular complexity index is 648. The second-order valence-electron chi connectivity index (χ2n) is 3.93. The number of nitrogens with one attached hydrogen (secondary N) is 2. The number of nitrogens with zero attached hydrogens (tertiary/aromatic N) is 1. The van der Waals surface area contributed by atoms with Crippen LogP contribution in [0, 0.1) is 17.0 Å². The zero-order valence-corrected chi connectivity index (χ0v) is 10.0. The van der Waals surface area contributed by atoms with Crippen LogP contribution in [0.2, 0.25) is 0 Å². The number of aromatic amines is 1. The molecule has 2 rings (SSSR count). The Morgan fingerprint density at radius 1 is 1.47 bits per heavy atom. The first kappa shape index (κ1) is 12.6. The Kier molecular flexibility index (Phi) is 3.19. The van der Waals surface area contributed by atoms with E-state index in [2.05, 4.69) is 10.3 Å². The molecule has 0 atom stereocenters. The summed E-state index contributed by atoms with van der Waals surface area (Å²) in [6.45, 7) is 1.65. The van der Waals surface area contributed by atoms with Gasteiger partial charge in [0.05, 0.1) is 11.1 Å². The van der Waals surface area contributed by atoms with Crippen LogP contribution in [0.15, 0.2) is 30.5 Å². The Balaban J connectivity index is 2.21. The number of aromatic hydroxyl groups is 1. The highest BCUT2D eigenvalue weighted by molar-refractivity contribution is 6.03. The van der Waals surface area contributed by atoms with Gasteiger partial charge in [0, 0.05) is 17.3 Å². The number of hydrogen-bond acceptors (Lipinski definition) is 4. The van der Waals surface area contributed by atoms with Crippen LogP contribution in [-0.2, 0) is 0 Å². The van der Waals surface area contributed by atoms with Crippen molar-refractivity contribution in [3.05, 3.63) is 51.8 Å². The van der Waals surface area contributed by atoms with Crippen molar-refractivity contribution >= 4 is 17.3 Å². The smallest absolute Gasteiger partial charge is 0.287 e. The van der Waals surface area contributed by atoms with Crippen molar-refractivity contribution in [3.8, 4) is 5.75 Å². The molecular weight excluding hydrogens is 250 g/mol. The van der Waals surface area contributed by atoms with Gasteiger partial charge < -0.3 is 15.4 Å². The molecule has 0 aliphatic rings. The summed E-state index contributed by atoms with van der Waals surface area (Å²) in [4.78, 5) is 24.3. The molecule has 2 aromatic rings. The summed E-state index contributed by atoms with van der Waals surface area (Å²) in [7, 11) is 0. The third-order valence-corrected chi connectivity index (χ3v) is 2.68. The van der Waals surface area contributed by atoms with E-state index in [0.29, 0.717) is 11.3 Å². The fraction of sp³-hybridized carbons (Fsp3) is 0.0833. The lowest BCUT2D eigenvalue weighted by molar-refractivity contribution is -0.384. The van der Waals surface area contributed by atoms with Gasteiger partial charge in [-0.15, -0.1) is 0 Å². The first-order chi connectivity index (χ1) is 8.99.